The maximum absolute atomic E-state index is 12.5. The van der Waals surface area contributed by atoms with Crippen molar-refractivity contribution >= 4 is 17.9 Å². The average Bonchev–Trinajstić information content (AvgIpc) is 2.95. The van der Waals surface area contributed by atoms with Gasteiger partial charge in [0.1, 0.15) is 23.0 Å². The van der Waals surface area contributed by atoms with Gasteiger partial charge in [-0.25, -0.2) is 9.59 Å². The van der Waals surface area contributed by atoms with Gasteiger partial charge in [0.25, 0.3) is 0 Å². The Kier molecular flexibility index (Phi) is 11.2. The second-order valence-electron chi connectivity index (χ2n) is 8.34. The van der Waals surface area contributed by atoms with Crippen molar-refractivity contribution in [1.82, 2.24) is 0 Å². The van der Waals surface area contributed by atoms with E-state index in [9.17, 15) is 14.4 Å². The van der Waals surface area contributed by atoms with Crippen LogP contribution in [0.25, 0.3) is 0 Å². The van der Waals surface area contributed by atoms with Gasteiger partial charge in [-0.05, 0) is 98.5 Å². The van der Waals surface area contributed by atoms with Crippen molar-refractivity contribution in [3.8, 4) is 23.0 Å². The molecule has 0 bridgehead atoms. The summed E-state index contributed by atoms with van der Waals surface area (Å²) >= 11 is 0. The third-order valence-corrected chi connectivity index (χ3v) is 5.52. The Morgan fingerprint density at radius 2 is 1.03 bits per heavy atom. The van der Waals surface area contributed by atoms with Gasteiger partial charge in [0, 0.05) is 6.42 Å². The number of benzene rings is 3. The standard InChI is InChI=1S/C30H32O8/c1-3-28(31)36-21-7-5-4-6-20-35-25-12-8-22(9-13-25)29(32)37-26-14-10-23(11-15-26)30(33)38-27-18-16-24(34-2)17-19-27/h8-19H,3-7,20-21H2,1-2H3. The van der Waals surface area contributed by atoms with Crippen LogP contribution in [0.4, 0.5) is 0 Å². The second-order valence-corrected chi connectivity index (χ2v) is 8.34. The molecule has 3 aromatic carbocycles. The highest BCUT2D eigenvalue weighted by atomic mass is 16.5. The van der Waals surface area contributed by atoms with Crippen LogP contribution in [0.5, 0.6) is 23.0 Å². The van der Waals surface area contributed by atoms with Gasteiger partial charge in [-0.2, -0.15) is 0 Å². The molecular weight excluding hydrogens is 488 g/mol. The van der Waals surface area contributed by atoms with Gasteiger partial charge in [-0.15, -0.1) is 0 Å². The number of esters is 3. The van der Waals surface area contributed by atoms with Gasteiger partial charge in [0.15, 0.2) is 0 Å². The number of hydrogen-bond donors (Lipinski definition) is 0. The summed E-state index contributed by atoms with van der Waals surface area (Å²) in [7, 11) is 1.56. The molecule has 0 radical (unpaired) electrons. The van der Waals surface area contributed by atoms with E-state index in [1.165, 1.54) is 24.3 Å². The molecule has 0 N–H and O–H groups in total. The number of rotatable bonds is 14. The van der Waals surface area contributed by atoms with Crippen molar-refractivity contribution in [3.63, 3.8) is 0 Å². The smallest absolute Gasteiger partial charge is 0.343 e. The van der Waals surface area contributed by atoms with E-state index in [1.54, 1.807) is 62.6 Å². The van der Waals surface area contributed by atoms with Crippen LogP contribution in [0.2, 0.25) is 0 Å². The Labute approximate surface area is 222 Å². The highest BCUT2D eigenvalue weighted by Gasteiger charge is 2.12. The second kappa shape index (κ2) is 15.0. The van der Waals surface area contributed by atoms with Crippen LogP contribution in [-0.4, -0.2) is 38.2 Å². The molecule has 0 aliphatic heterocycles. The molecular formula is C30H32O8. The minimum Gasteiger partial charge on any atom is -0.497 e. The SMILES string of the molecule is CCC(=O)OCCCCCCOc1ccc(C(=O)Oc2ccc(C(=O)Oc3ccc(OC)cc3)cc2)cc1. The minimum atomic E-state index is -0.527. The lowest BCUT2D eigenvalue weighted by Gasteiger charge is -2.08. The van der Waals surface area contributed by atoms with Gasteiger partial charge in [0.05, 0.1) is 31.5 Å². The van der Waals surface area contributed by atoms with E-state index in [0.717, 1.165) is 25.7 Å². The molecule has 0 saturated carbocycles. The fraction of sp³-hybridized carbons (Fsp3) is 0.300. The van der Waals surface area contributed by atoms with E-state index in [2.05, 4.69) is 0 Å². The zero-order valence-electron chi connectivity index (χ0n) is 21.6. The molecule has 0 heterocycles. The van der Waals surface area contributed by atoms with E-state index in [0.29, 0.717) is 53.8 Å². The number of unbranched alkanes of at least 4 members (excludes halogenated alkanes) is 3. The van der Waals surface area contributed by atoms with Gasteiger partial charge in [-0.1, -0.05) is 6.92 Å². The third-order valence-electron chi connectivity index (χ3n) is 5.52. The highest BCUT2D eigenvalue weighted by molar-refractivity contribution is 5.92. The first-order valence-corrected chi connectivity index (χ1v) is 12.6. The first kappa shape index (κ1) is 28.2. The molecule has 200 valence electrons. The number of carbonyl (C=O) groups excluding carboxylic acids is 3. The van der Waals surface area contributed by atoms with Crippen molar-refractivity contribution in [2.24, 2.45) is 0 Å². The third kappa shape index (κ3) is 9.28. The Morgan fingerprint density at radius 1 is 0.579 bits per heavy atom. The van der Waals surface area contributed by atoms with Gasteiger partial charge in [-0.3, -0.25) is 4.79 Å². The summed E-state index contributed by atoms with van der Waals surface area (Å²) in [4.78, 5) is 35.9. The highest BCUT2D eigenvalue weighted by Crippen LogP contribution is 2.20. The van der Waals surface area contributed by atoms with E-state index in [4.69, 9.17) is 23.7 Å². The monoisotopic (exact) mass is 520 g/mol. The maximum atomic E-state index is 12.5. The Balaban J connectivity index is 1.38. The van der Waals surface area contributed by atoms with Crippen LogP contribution < -0.4 is 18.9 Å². The first-order valence-electron chi connectivity index (χ1n) is 12.6. The summed E-state index contributed by atoms with van der Waals surface area (Å²) in [6, 6.07) is 19.5. The Bertz CT molecular complexity index is 1170. The molecule has 0 amide bonds. The van der Waals surface area contributed by atoms with E-state index >= 15 is 0 Å². The molecule has 38 heavy (non-hydrogen) atoms. The summed E-state index contributed by atoms with van der Waals surface area (Å²) in [5.74, 6) is 0.815. The van der Waals surface area contributed by atoms with Gasteiger partial charge >= 0.3 is 17.9 Å². The van der Waals surface area contributed by atoms with Gasteiger partial charge < -0.3 is 23.7 Å². The predicted molar refractivity (Wildman–Crippen MR) is 141 cm³/mol. The van der Waals surface area contributed by atoms with E-state index < -0.39 is 11.9 Å². The number of carbonyl (C=O) groups is 3. The average molecular weight is 521 g/mol. The van der Waals surface area contributed by atoms with E-state index in [1.807, 2.05) is 0 Å². The van der Waals surface area contributed by atoms with Crippen LogP contribution in [0, 0.1) is 0 Å². The molecule has 0 saturated heterocycles. The summed E-state index contributed by atoms with van der Waals surface area (Å²) in [5.41, 5.74) is 0.698. The summed E-state index contributed by atoms with van der Waals surface area (Å²) in [6.45, 7) is 2.80. The first-order chi connectivity index (χ1) is 18.5. The molecule has 0 aromatic heterocycles. The summed E-state index contributed by atoms with van der Waals surface area (Å²) in [6.07, 6.45) is 4.08. The molecule has 8 heteroatoms. The molecule has 0 fully saturated rings. The topological polar surface area (TPSA) is 97.4 Å². The van der Waals surface area contributed by atoms with Crippen molar-refractivity contribution in [3.05, 3.63) is 83.9 Å². The number of methoxy groups -OCH3 is 1. The van der Waals surface area contributed by atoms with Crippen LogP contribution in [-0.2, 0) is 9.53 Å². The molecule has 0 aliphatic carbocycles. The predicted octanol–water partition coefficient (Wildman–Crippen LogP) is 6.03. The maximum Gasteiger partial charge on any atom is 0.343 e. The molecule has 0 atom stereocenters. The molecule has 3 aromatic rings. The number of ether oxygens (including phenoxy) is 5. The molecule has 0 unspecified atom stereocenters. The zero-order chi connectivity index (χ0) is 27.2. The molecule has 3 rings (SSSR count). The molecule has 0 aliphatic rings. The van der Waals surface area contributed by atoms with Crippen molar-refractivity contribution in [2.45, 2.75) is 39.0 Å². The normalized spacial score (nSPS) is 10.4. The van der Waals surface area contributed by atoms with Gasteiger partial charge in [0.2, 0.25) is 0 Å². The van der Waals surface area contributed by atoms with Crippen LogP contribution in [0.1, 0.15) is 59.7 Å². The van der Waals surface area contributed by atoms with Crippen LogP contribution in [0.15, 0.2) is 72.8 Å². The fourth-order valence-corrected chi connectivity index (χ4v) is 3.36. The molecule has 8 nitrogen and oxygen atoms in total. The largest absolute Gasteiger partial charge is 0.497 e. The van der Waals surface area contributed by atoms with Crippen molar-refractivity contribution in [1.29, 1.82) is 0 Å². The Hall–Kier alpha value is -4.33. The fourth-order valence-electron chi connectivity index (χ4n) is 3.36. The lowest BCUT2D eigenvalue weighted by molar-refractivity contribution is -0.143. The zero-order valence-corrected chi connectivity index (χ0v) is 21.6. The van der Waals surface area contributed by atoms with E-state index in [-0.39, 0.29) is 5.97 Å². The molecule has 0 spiro atoms. The lowest BCUT2D eigenvalue weighted by atomic mass is 10.2. The number of hydrogen-bond acceptors (Lipinski definition) is 8. The quantitative estimate of drug-likeness (QED) is 0.144. The van der Waals surface area contributed by atoms with Crippen molar-refractivity contribution in [2.75, 3.05) is 20.3 Å². The summed E-state index contributed by atoms with van der Waals surface area (Å²) < 4.78 is 26.6. The Morgan fingerprint density at radius 3 is 1.53 bits per heavy atom. The lowest BCUT2D eigenvalue weighted by Crippen LogP contribution is -2.10. The van der Waals surface area contributed by atoms with Crippen molar-refractivity contribution < 1.29 is 38.1 Å². The van der Waals surface area contributed by atoms with Crippen LogP contribution in [0.3, 0.4) is 0 Å². The summed E-state index contributed by atoms with van der Waals surface area (Å²) in [5, 5.41) is 0. The minimum absolute atomic E-state index is 0.165. The van der Waals surface area contributed by atoms with Crippen LogP contribution >= 0.6 is 0 Å².